The highest BCUT2D eigenvalue weighted by atomic mass is 32.1. The second kappa shape index (κ2) is 7.78. The molecule has 0 saturated carbocycles. The number of quaternary nitrogens is 1. The molecule has 2 N–H and O–H groups in total. The number of hydrogen-bond acceptors (Lipinski definition) is 7. The zero-order valence-corrected chi connectivity index (χ0v) is 17.5. The molecule has 2 aliphatic heterocycles. The van der Waals surface area contributed by atoms with Crippen molar-refractivity contribution in [3.63, 3.8) is 0 Å². The Hall–Kier alpha value is -2.42. The fourth-order valence-electron chi connectivity index (χ4n) is 3.78. The number of anilines is 2. The number of aromatic nitrogens is 2. The lowest BCUT2D eigenvalue weighted by Crippen LogP contribution is -3.12. The highest BCUT2D eigenvalue weighted by molar-refractivity contribution is 7.18. The minimum atomic E-state index is 0.573. The molecule has 2 aromatic heterocycles. The molecule has 3 aromatic rings. The molecule has 0 aliphatic carbocycles. The first-order valence-electron chi connectivity index (χ1n) is 10.0. The highest BCUT2D eigenvalue weighted by Gasteiger charge is 2.20. The van der Waals surface area contributed by atoms with Crippen molar-refractivity contribution in [1.29, 1.82) is 0 Å². The lowest BCUT2D eigenvalue weighted by Gasteiger charge is -2.23. The lowest BCUT2D eigenvalue weighted by molar-refractivity contribution is -0.922. The number of rotatable bonds is 4. The summed E-state index contributed by atoms with van der Waals surface area (Å²) in [5, 5.41) is 4.62. The van der Waals surface area contributed by atoms with Crippen LogP contribution in [0.1, 0.15) is 16.3 Å². The summed E-state index contributed by atoms with van der Waals surface area (Å²) in [5.41, 5.74) is 2.16. The van der Waals surface area contributed by atoms with Gasteiger partial charge in [0.15, 0.2) is 17.3 Å². The van der Waals surface area contributed by atoms with Crippen molar-refractivity contribution in [3.05, 3.63) is 34.5 Å². The van der Waals surface area contributed by atoms with Crippen molar-refractivity contribution < 1.29 is 19.1 Å². The van der Waals surface area contributed by atoms with E-state index < -0.39 is 0 Å². The molecule has 0 radical (unpaired) electrons. The van der Waals surface area contributed by atoms with E-state index in [9.17, 15) is 0 Å². The van der Waals surface area contributed by atoms with E-state index in [1.54, 1.807) is 11.3 Å². The highest BCUT2D eigenvalue weighted by Crippen LogP contribution is 2.37. The van der Waals surface area contributed by atoms with Crippen LogP contribution in [0.2, 0.25) is 0 Å². The lowest BCUT2D eigenvalue weighted by atomic mass is 10.2. The second-order valence-corrected chi connectivity index (χ2v) is 8.68. The van der Waals surface area contributed by atoms with Gasteiger partial charge in [-0.25, -0.2) is 9.97 Å². The first kappa shape index (κ1) is 18.6. The van der Waals surface area contributed by atoms with Gasteiger partial charge in [-0.05, 0) is 31.5 Å². The van der Waals surface area contributed by atoms with Crippen LogP contribution in [0.4, 0.5) is 11.5 Å². The summed E-state index contributed by atoms with van der Waals surface area (Å²) in [6, 6.07) is 5.92. The molecule has 7 nitrogen and oxygen atoms in total. The molecule has 0 bridgehead atoms. The van der Waals surface area contributed by atoms with Crippen molar-refractivity contribution >= 4 is 33.1 Å². The van der Waals surface area contributed by atoms with Gasteiger partial charge in [-0.15, -0.1) is 11.3 Å². The summed E-state index contributed by atoms with van der Waals surface area (Å²) >= 11 is 1.73. The van der Waals surface area contributed by atoms with Gasteiger partial charge in [0.1, 0.15) is 43.5 Å². The molecule has 8 heteroatoms. The van der Waals surface area contributed by atoms with Gasteiger partial charge in [0.2, 0.25) is 0 Å². The topological polar surface area (TPSA) is 69.9 Å². The Morgan fingerprint density at radius 2 is 1.83 bits per heavy atom. The van der Waals surface area contributed by atoms with Crippen LogP contribution in [0.25, 0.3) is 10.2 Å². The van der Waals surface area contributed by atoms with E-state index in [0.29, 0.717) is 13.2 Å². The number of benzene rings is 1. The van der Waals surface area contributed by atoms with Gasteiger partial charge in [0, 0.05) is 16.6 Å². The first-order chi connectivity index (χ1) is 14.2. The third kappa shape index (κ3) is 3.75. The molecular weight excluding hydrogens is 388 g/mol. The van der Waals surface area contributed by atoms with Gasteiger partial charge >= 0.3 is 0 Å². The van der Waals surface area contributed by atoms with Gasteiger partial charge < -0.3 is 24.4 Å². The maximum atomic E-state index is 5.73. The van der Waals surface area contributed by atoms with Crippen LogP contribution < -0.4 is 19.7 Å². The fourth-order valence-corrected chi connectivity index (χ4v) is 4.83. The van der Waals surface area contributed by atoms with Gasteiger partial charge in [-0.2, -0.15) is 0 Å². The molecule has 1 aromatic carbocycles. The van der Waals surface area contributed by atoms with Crippen LogP contribution in [-0.2, 0) is 11.3 Å². The number of aryl methyl sites for hydroxylation is 2. The van der Waals surface area contributed by atoms with E-state index in [-0.39, 0.29) is 0 Å². The van der Waals surface area contributed by atoms with Crippen molar-refractivity contribution in [2.45, 2.75) is 20.4 Å². The minimum absolute atomic E-state index is 0.573. The average molecular weight is 414 g/mol. The number of morpholine rings is 1. The Balaban J connectivity index is 1.50. The van der Waals surface area contributed by atoms with Crippen LogP contribution in [0.3, 0.4) is 0 Å². The summed E-state index contributed by atoms with van der Waals surface area (Å²) in [4.78, 5) is 13.6. The zero-order chi connectivity index (χ0) is 19.8. The van der Waals surface area contributed by atoms with E-state index >= 15 is 0 Å². The molecule has 0 unspecified atom stereocenters. The van der Waals surface area contributed by atoms with Crippen molar-refractivity contribution in [2.24, 2.45) is 0 Å². The van der Waals surface area contributed by atoms with Crippen LogP contribution in [0.5, 0.6) is 11.5 Å². The second-order valence-electron chi connectivity index (χ2n) is 7.47. The summed E-state index contributed by atoms with van der Waals surface area (Å²) in [6.07, 6.45) is 0. The Bertz CT molecular complexity index is 1050. The van der Waals surface area contributed by atoms with E-state index in [1.807, 2.05) is 18.2 Å². The molecule has 2 aliphatic rings. The largest absolute Gasteiger partial charge is 0.486 e. The van der Waals surface area contributed by atoms with Gasteiger partial charge in [0.25, 0.3) is 0 Å². The van der Waals surface area contributed by atoms with Crippen molar-refractivity contribution in [1.82, 2.24) is 9.97 Å². The molecule has 0 amide bonds. The number of fused-ring (bicyclic) bond motifs is 2. The number of nitrogens with zero attached hydrogens (tertiary/aromatic N) is 2. The molecule has 0 atom stereocenters. The summed E-state index contributed by atoms with van der Waals surface area (Å²) in [5.74, 6) is 3.28. The maximum absolute atomic E-state index is 5.73. The number of hydrogen-bond donors (Lipinski definition) is 2. The zero-order valence-electron chi connectivity index (χ0n) is 16.7. The number of nitrogens with one attached hydrogen (secondary N) is 2. The van der Waals surface area contributed by atoms with Crippen LogP contribution in [0, 0.1) is 13.8 Å². The van der Waals surface area contributed by atoms with Gasteiger partial charge in [-0.3, -0.25) is 0 Å². The van der Waals surface area contributed by atoms with E-state index in [0.717, 1.165) is 71.9 Å². The quantitative estimate of drug-likeness (QED) is 0.684. The Morgan fingerprint density at radius 1 is 1.03 bits per heavy atom. The molecule has 29 heavy (non-hydrogen) atoms. The smallest absolute Gasteiger partial charge is 0.187 e. The molecule has 0 spiro atoms. The first-order valence-corrected chi connectivity index (χ1v) is 10.8. The molecule has 5 rings (SSSR count). The Morgan fingerprint density at radius 3 is 2.66 bits per heavy atom. The fraction of sp³-hybridized carbons (Fsp3) is 0.429. The molecular formula is C21H25N4O3S+. The average Bonchev–Trinajstić information content (AvgIpc) is 3.02. The van der Waals surface area contributed by atoms with E-state index in [2.05, 4.69) is 19.2 Å². The van der Waals surface area contributed by atoms with Crippen LogP contribution in [-0.4, -0.2) is 49.5 Å². The number of ether oxygens (including phenoxy) is 3. The van der Waals surface area contributed by atoms with Crippen LogP contribution >= 0.6 is 11.3 Å². The number of thiophene rings is 1. The third-order valence-corrected chi connectivity index (χ3v) is 6.59. The summed E-state index contributed by atoms with van der Waals surface area (Å²) < 4.78 is 16.8. The van der Waals surface area contributed by atoms with Crippen molar-refractivity contribution in [3.8, 4) is 11.5 Å². The van der Waals surface area contributed by atoms with E-state index in [4.69, 9.17) is 24.2 Å². The molecule has 152 valence electrons. The van der Waals surface area contributed by atoms with Gasteiger partial charge in [-0.1, -0.05) is 0 Å². The predicted molar refractivity (Wildman–Crippen MR) is 113 cm³/mol. The molecule has 4 heterocycles. The maximum Gasteiger partial charge on any atom is 0.187 e. The molecule has 1 fully saturated rings. The van der Waals surface area contributed by atoms with E-state index in [1.165, 1.54) is 15.3 Å². The summed E-state index contributed by atoms with van der Waals surface area (Å²) in [6.45, 7) is 9.85. The standard InChI is InChI=1S/C21H24N4O3S/c1-13-14(2)29-21-19(13)20(23-18(24-21)12-25-5-7-26-8-6-25)22-15-3-4-16-17(11-15)28-10-9-27-16/h3-4,11H,5-10,12H2,1-2H3,(H,22,23,24)/p+1. The normalized spacial score (nSPS) is 16.9. The third-order valence-electron chi connectivity index (χ3n) is 5.49. The Kier molecular flexibility index (Phi) is 4.99. The SMILES string of the molecule is Cc1sc2nc(C[NH+]3CCOCC3)nc(Nc3ccc4c(c3)OCCO4)c2c1C. The van der Waals surface area contributed by atoms with Crippen LogP contribution in [0.15, 0.2) is 18.2 Å². The predicted octanol–water partition coefficient (Wildman–Crippen LogP) is 2.24. The Labute approximate surface area is 173 Å². The minimum Gasteiger partial charge on any atom is -0.486 e. The monoisotopic (exact) mass is 413 g/mol. The summed E-state index contributed by atoms with van der Waals surface area (Å²) in [7, 11) is 0. The van der Waals surface area contributed by atoms with Crippen molar-refractivity contribution in [2.75, 3.05) is 44.8 Å². The van der Waals surface area contributed by atoms with Gasteiger partial charge in [0.05, 0.1) is 18.6 Å². The molecule has 1 saturated heterocycles.